The first-order chi connectivity index (χ1) is 14.7. The number of benzene rings is 2. The summed E-state index contributed by atoms with van der Waals surface area (Å²) in [5.74, 6) is 0.993. The van der Waals surface area contributed by atoms with Gasteiger partial charge in [-0.2, -0.15) is 0 Å². The van der Waals surface area contributed by atoms with Crippen molar-refractivity contribution < 1.29 is 13.6 Å². The van der Waals surface area contributed by atoms with E-state index in [0.29, 0.717) is 22.4 Å². The van der Waals surface area contributed by atoms with Crippen LogP contribution in [0.3, 0.4) is 0 Å². The Balaban J connectivity index is 1.48. The molecule has 0 spiro atoms. The first-order valence-electron chi connectivity index (χ1n) is 9.38. The van der Waals surface area contributed by atoms with Gasteiger partial charge in [-0.1, -0.05) is 60.3 Å². The van der Waals surface area contributed by atoms with Crippen LogP contribution in [0, 0.1) is 0 Å². The molecule has 3 aromatic heterocycles. The normalized spacial score (nSPS) is 11.2. The van der Waals surface area contributed by atoms with E-state index in [4.69, 9.17) is 8.83 Å². The Morgan fingerprint density at radius 1 is 1.00 bits per heavy atom. The molecule has 0 amide bonds. The number of fused-ring (bicyclic) bond motifs is 1. The third-order valence-electron chi connectivity index (χ3n) is 4.90. The minimum Gasteiger partial charge on any atom is -0.459 e. The highest BCUT2D eigenvalue weighted by molar-refractivity contribution is 7.99. The number of aromatic nitrogens is 3. The maximum atomic E-state index is 13.3. The number of aryl methyl sites for hydroxylation is 1. The van der Waals surface area contributed by atoms with E-state index in [-0.39, 0.29) is 11.5 Å². The van der Waals surface area contributed by atoms with Gasteiger partial charge in [-0.25, -0.2) is 0 Å². The van der Waals surface area contributed by atoms with E-state index in [1.165, 1.54) is 11.8 Å². The lowest BCUT2D eigenvalue weighted by Gasteiger charge is -2.07. The number of carbonyl (C=O) groups excluding carboxylic acids is 1. The number of Topliss-reactive ketones (excluding diaryl/α,β-unsaturated/α-hetero) is 1. The molecule has 0 unspecified atom stereocenters. The predicted octanol–water partition coefficient (Wildman–Crippen LogP) is 5.46. The number of hydrogen-bond acceptors (Lipinski definition) is 6. The average Bonchev–Trinajstić information content (AvgIpc) is 3.52. The molecule has 5 rings (SSSR count). The fourth-order valence-corrected chi connectivity index (χ4v) is 4.21. The third kappa shape index (κ3) is 3.23. The van der Waals surface area contributed by atoms with Crippen LogP contribution in [-0.4, -0.2) is 26.3 Å². The van der Waals surface area contributed by atoms with Gasteiger partial charge in [0.15, 0.2) is 11.5 Å². The first-order valence-corrected chi connectivity index (χ1v) is 10.4. The molecule has 0 aliphatic heterocycles. The first kappa shape index (κ1) is 18.4. The molecule has 7 heteroatoms. The highest BCUT2D eigenvalue weighted by Gasteiger charge is 2.23. The van der Waals surface area contributed by atoms with E-state index < -0.39 is 0 Å². The molecule has 0 aliphatic carbocycles. The second-order valence-corrected chi connectivity index (χ2v) is 7.65. The van der Waals surface area contributed by atoms with Crippen molar-refractivity contribution in [1.29, 1.82) is 0 Å². The van der Waals surface area contributed by atoms with Gasteiger partial charge in [0.1, 0.15) is 0 Å². The largest absolute Gasteiger partial charge is 0.459 e. The number of ketones is 1. The summed E-state index contributed by atoms with van der Waals surface area (Å²) in [5, 5.41) is 9.26. The molecular formula is C23H17N3O3S. The summed E-state index contributed by atoms with van der Waals surface area (Å²) in [7, 11) is 1.99. The number of thioether (sulfide) groups is 1. The van der Waals surface area contributed by atoms with Crippen molar-refractivity contribution in [3.63, 3.8) is 0 Å². The molecule has 30 heavy (non-hydrogen) atoms. The van der Waals surface area contributed by atoms with Crippen LogP contribution >= 0.6 is 11.8 Å². The van der Waals surface area contributed by atoms with Crippen LogP contribution in [-0.2, 0) is 7.05 Å². The summed E-state index contributed by atoms with van der Waals surface area (Å²) in [5.41, 5.74) is 3.63. The Morgan fingerprint density at radius 2 is 1.80 bits per heavy atom. The number of para-hydroxylation sites is 1. The molecular weight excluding hydrogens is 398 g/mol. The maximum Gasteiger partial charge on any atom is 0.284 e. The van der Waals surface area contributed by atoms with E-state index >= 15 is 0 Å². The summed E-state index contributed by atoms with van der Waals surface area (Å²) in [4.78, 5) is 13.3. The lowest BCUT2D eigenvalue weighted by atomic mass is 10.0. The van der Waals surface area contributed by atoms with Crippen molar-refractivity contribution in [2.24, 2.45) is 7.05 Å². The van der Waals surface area contributed by atoms with E-state index in [9.17, 15) is 4.79 Å². The van der Waals surface area contributed by atoms with Crippen molar-refractivity contribution in [3.05, 3.63) is 78.6 Å². The van der Waals surface area contributed by atoms with Crippen LogP contribution in [0.25, 0.3) is 33.8 Å². The molecule has 148 valence electrons. The quantitative estimate of drug-likeness (QED) is 0.271. The fourth-order valence-electron chi connectivity index (χ4n) is 3.58. The summed E-state index contributed by atoms with van der Waals surface area (Å²) in [6.07, 6.45) is 1.54. The highest BCUT2D eigenvalue weighted by Crippen LogP contribution is 2.34. The maximum absolute atomic E-state index is 13.3. The molecule has 0 bridgehead atoms. The standard InChI is InChI=1S/C23H17N3O3S/c1-26-17-11-6-5-10-16(17)20(21(26)15-8-3-2-4-9-15)18(27)14-30-23-25-24-22(29-23)19-12-7-13-28-19/h2-13H,14H2,1H3. The Bertz CT molecular complexity index is 1320. The lowest BCUT2D eigenvalue weighted by Crippen LogP contribution is -2.05. The van der Waals surface area contributed by atoms with Crippen molar-refractivity contribution in [2.45, 2.75) is 5.22 Å². The van der Waals surface area contributed by atoms with Gasteiger partial charge in [0, 0.05) is 18.0 Å². The second kappa shape index (κ2) is 7.68. The Kier molecular flexibility index (Phi) is 4.72. The molecule has 6 nitrogen and oxygen atoms in total. The lowest BCUT2D eigenvalue weighted by molar-refractivity contribution is 0.102. The SMILES string of the molecule is Cn1c(-c2ccccc2)c(C(=O)CSc2nnc(-c3ccco3)o2)c2ccccc21. The molecule has 3 heterocycles. The highest BCUT2D eigenvalue weighted by atomic mass is 32.2. The van der Waals surface area contributed by atoms with Crippen molar-refractivity contribution >= 4 is 28.4 Å². The van der Waals surface area contributed by atoms with Gasteiger partial charge in [0.2, 0.25) is 0 Å². The molecule has 0 aliphatic rings. The van der Waals surface area contributed by atoms with Crippen LogP contribution < -0.4 is 0 Å². The van der Waals surface area contributed by atoms with Gasteiger partial charge in [-0.15, -0.1) is 10.2 Å². The minimum absolute atomic E-state index is 0.00778. The Labute approximate surface area is 176 Å². The second-order valence-electron chi connectivity index (χ2n) is 6.73. The van der Waals surface area contributed by atoms with Gasteiger partial charge in [-0.05, 0) is 23.8 Å². The van der Waals surface area contributed by atoms with Crippen molar-refractivity contribution in [2.75, 3.05) is 5.75 Å². The zero-order chi connectivity index (χ0) is 20.5. The number of carbonyl (C=O) groups is 1. The smallest absolute Gasteiger partial charge is 0.284 e. The molecule has 2 aromatic carbocycles. The van der Waals surface area contributed by atoms with Gasteiger partial charge in [0.25, 0.3) is 11.1 Å². The molecule has 0 atom stereocenters. The molecule has 0 saturated carbocycles. The molecule has 0 radical (unpaired) electrons. The van der Waals surface area contributed by atoms with E-state index in [1.54, 1.807) is 18.4 Å². The number of nitrogens with zero attached hydrogens (tertiary/aromatic N) is 3. The minimum atomic E-state index is 0.00778. The summed E-state index contributed by atoms with van der Waals surface area (Å²) < 4.78 is 13.0. The van der Waals surface area contributed by atoms with Crippen LogP contribution in [0.1, 0.15) is 10.4 Å². The summed E-state index contributed by atoms with van der Waals surface area (Å²) in [6.45, 7) is 0. The van der Waals surface area contributed by atoms with E-state index in [0.717, 1.165) is 22.2 Å². The number of hydrogen-bond donors (Lipinski definition) is 0. The van der Waals surface area contributed by atoms with Crippen LogP contribution in [0.15, 0.2) is 87.1 Å². The topological polar surface area (TPSA) is 74.1 Å². The van der Waals surface area contributed by atoms with Crippen LogP contribution in [0.2, 0.25) is 0 Å². The fraction of sp³-hybridized carbons (Fsp3) is 0.0870. The van der Waals surface area contributed by atoms with Crippen LogP contribution in [0.5, 0.6) is 0 Å². The number of furan rings is 1. The van der Waals surface area contributed by atoms with E-state index in [1.807, 2.05) is 61.6 Å². The van der Waals surface area contributed by atoms with Gasteiger partial charge in [0.05, 0.1) is 23.3 Å². The molecule has 0 saturated heterocycles. The van der Waals surface area contributed by atoms with Crippen LogP contribution in [0.4, 0.5) is 0 Å². The predicted molar refractivity (Wildman–Crippen MR) is 115 cm³/mol. The Morgan fingerprint density at radius 3 is 2.60 bits per heavy atom. The van der Waals surface area contributed by atoms with Crippen molar-refractivity contribution in [3.8, 4) is 22.9 Å². The van der Waals surface area contributed by atoms with Crippen molar-refractivity contribution in [1.82, 2.24) is 14.8 Å². The zero-order valence-electron chi connectivity index (χ0n) is 16.1. The Hall–Kier alpha value is -3.58. The monoisotopic (exact) mass is 415 g/mol. The van der Waals surface area contributed by atoms with Gasteiger partial charge < -0.3 is 13.4 Å². The zero-order valence-corrected chi connectivity index (χ0v) is 16.9. The van der Waals surface area contributed by atoms with Gasteiger partial charge >= 0.3 is 0 Å². The summed E-state index contributed by atoms with van der Waals surface area (Å²) >= 11 is 1.22. The van der Waals surface area contributed by atoms with Gasteiger partial charge in [-0.3, -0.25) is 4.79 Å². The summed E-state index contributed by atoms with van der Waals surface area (Å²) in [6, 6.07) is 21.4. The molecule has 5 aromatic rings. The molecule has 0 fully saturated rings. The van der Waals surface area contributed by atoms with E-state index in [2.05, 4.69) is 14.8 Å². The third-order valence-corrected chi connectivity index (χ3v) is 5.72. The molecule has 0 N–H and O–H groups in total. The number of rotatable bonds is 6. The average molecular weight is 415 g/mol.